The SMILES string of the molecule is C/C=C(NC)\C(C)=C/c1cnc2cc(N(C)C)ccc2n1. The van der Waals surface area contributed by atoms with Crippen LogP contribution in [-0.4, -0.2) is 31.1 Å². The topological polar surface area (TPSA) is 41.1 Å². The monoisotopic (exact) mass is 282 g/mol. The highest BCUT2D eigenvalue weighted by molar-refractivity contribution is 5.79. The lowest BCUT2D eigenvalue weighted by molar-refractivity contribution is 0.997. The van der Waals surface area contributed by atoms with Gasteiger partial charge >= 0.3 is 0 Å². The predicted octanol–water partition coefficient (Wildman–Crippen LogP) is 3.22. The van der Waals surface area contributed by atoms with Gasteiger partial charge in [-0.25, -0.2) is 4.98 Å². The highest BCUT2D eigenvalue weighted by Crippen LogP contribution is 2.19. The Morgan fingerprint density at radius 1 is 1.24 bits per heavy atom. The van der Waals surface area contributed by atoms with Crippen LogP contribution < -0.4 is 10.2 Å². The minimum Gasteiger partial charge on any atom is -0.388 e. The summed E-state index contributed by atoms with van der Waals surface area (Å²) in [7, 11) is 5.96. The first-order chi connectivity index (χ1) is 10.0. The van der Waals surface area contributed by atoms with E-state index in [9.17, 15) is 0 Å². The van der Waals surface area contributed by atoms with Crippen LogP contribution in [0.5, 0.6) is 0 Å². The maximum absolute atomic E-state index is 4.65. The number of anilines is 1. The summed E-state index contributed by atoms with van der Waals surface area (Å²) < 4.78 is 0. The predicted molar refractivity (Wildman–Crippen MR) is 90.3 cm³/mol. The number of aromatic nitrogens is 2. The second-order valence-corrected chi connectivity index (χ2v) is 5.14. The fourth-order valence-corrected chi connectivity index (χ4v) is 2.23. The van der Waals surface area contributed by atoms with E-state index < -0.39 is 0 Å². The lowest BCUT2D eigenvalue weighted by Gasteiger charge is -2.12. The molecule has 4 heteroatoms. The van der Waals surface area contributed by atoms with Crippen LogP contribution in [0.25, 0.3) is 17.1 Å². The van der Waals surface area contributed by atoms with Crippen molar-refractivity contribution in [2.24, 2.45) is 0 Å². The number of fused-ring (bicyclic) bond motifs is 1. The molecule has 0 saturated carbocycles. The first-order valence-corrected chi connectivity index (χ1v) is 7.02. The van der Waals surface area contributed by atoms with E-state index in [-0.39, 0.29) is 0 Å². The van der Waals surface area contributed by atoms with E-state index in [1.54, 1.807) is 0 Å². The number of hydrogen-bond acceptors (Lipinski definition) is 4. The molecule has 0 aliphatic heterocycles. The van der Waals surface area contributed by atoms with Crippen LogP contribution in [0.1, 0.15) is 19.5 Å². The number of allylic oxidation sites excluding steroid dienone is 2. The number of likely N-dealkylation sites (N-methyl/N-ethyl adjacent to an activating group) is 1. The molecule has 1 aromatic carbocycles. The minimum atomic E-state index is 0.868. The van der Waals surface area contributed by atoms with Crippen molar-refractivity contribution in [3.05, 3.63) is 47.4 Å². The molecule has 4 nitrogen and oxygen atoms in total. The largest absolute Gasteiger partial charge is 0.388 e. The van der Waals surface area contributed by atoms with Gasteiger partial charge in [0.2, 0.25) is 0 Å². The fraction of sp³-hybridized carbons (Fsp3) is 0.294. The van der Waals surface area contributed by atoms with Gasteiger partial charge in [0.25, 0.3) is 0 Å². The van der Waals surface area contributed by atoms with Crippen molar-refractivity contribution in [1.29, 1.82) is 0 Å². The Bertz CT molecular complexity index is 699. The molecule has 1 N–H and O–H groups in total. The molecule has 0 bridgehead atoms. The van der Waals surface area contributed by atoms with Crippen LogP contribution in [0, 0.1) is 0 Å². The minimum absolute atomic E-state index is 0.868. The molecule has 0 fully saturated rings. The summed E-state index contributed by atoms with van der Waals surface area (Å²) in [6.45, 7) is 4.07. The van der Waals surface area contributed by atoms with Crippen molar-refractivity contribution in [2.45, 2.75) is 13.8 Å². The van der Waals surface area contributed by atoms with Crippen LogP contribution in [0.15, 0.2) is 41.7 Å². The van der Waals surface area contributed by atoms with Gasteiger partial charge in [-0.1, -0.05) is 6.08 Å². The summed E-state index contributed by atoms with van der Waals surface area (Å²) in [6.07, 6.45) is 5.90. The molecule has 0 aliphatic rings. The van der Waals surface area contributed by atoms with E-state index in [1.807, 2.05) is 58.5 Å². The Labute approximate surface area is 126 Å². The van der Waals surface area contributed by atoms with Crippen LogP contribution in [0.3, 0.4) is 0 Å². The van der Waals surface area contributed by atoms with Crippen LogP contribution in [-0.2, 0) is 0 Å². The first-order valence-electron chi connectivity index (χ1n) is 7.02. The molecule has 0 aliphatic carbocycles. The van der Waals surface area contributed by atoms with Gasteiger partial charge in [-0.15, -0.1) is 0 Å². The number of benzene rings is 1. The van der Waals surface area contributed by atoms with E-state index in [4.69, 9.17) is 0 Å². The molecular formula is C17H22N4. The molecular weight excluding hydrogens is 260 g/mol. The molecule has 0 unspecified atom stereocenters. The van der Waals surface area contributed by atoms with Crippen molar-refractivity contribution in [1.82, 2.24) is 15.3 Å². The van der Waals surface area contributed by atoms with Crippen molar-refractivity contribution < 1.29 is 0 Å². The lowest BCUT2D eigenvalue weighted by Crippen LogP contribution is -2.08. The van der Waals surface area contributed by atoms with E-state index >= 15 is 0 Å². The third-order valence-corrected chi connectivity index (χ3v) is 3.41. The maximum atomic E-state index is 4.65. The van der Waals surface area contributed by atoms with Crippen molar-refractivity contribution in [3.8, 4) is 0 Å². The van der Waals surface area contributed by atoms with E-state index in [2.05, 4.69) is 33.2 Å². The highest BCUT2D eigenvalue weighted by Gasteiger charge is 2.03. The normalized spacial score (nSPS) is 12.6. The van der Waals surface area contributed by atoms with Gasteiger partial charge in [-0.2, -0.15) is 0 Å². The average molecular weight is 282 g/mol. The third-order valence-electron chi connectivity index (χ3n) is 3.41. The molecule has 2 rings (SSSR count). The zero-order valence-electron chi connectivity index (χ0n) is 13.3. The van der Waals surface area contributed by atoms with Crippen molar-refractivity contribution in [3.63, 3.8) is 0 Å². The Morgan fingerprint density at radius 2 is 2.00 bits per heavy atom. The van der Waals surface area contributed by atoms with E-state index in [1.165, 1.54) is 0 Å². The van der Waals surface area contributed by atoms with Crippen LogP contribution in [0.4, 0.5) is 5.69 Å². The van der Waals surface area contributed by atoms with Gasteiger partial charge in [-0.05, 0) is 43.7 Å². The summed E-state index contributed by atoms with van der Waals surface area (Å²) in [4.78, 5) is 11.2. The smallest absolute Gasteiger partial charge is 0.0907 e. The Kier molecular flexibility index (Phi) is 4.58. The molecule has 110 valence electrons. The van der Waals surface area contributed by atoms with Crippen LogP contribution in [0.2, 0.25) is 0 Å². The maximum Gasteiger partial charge on any atom is 0.0907 e. The molecule has 21 heavy (non-hydrogen) atoms. The zero-order valence-corrected chi connectivity index (χ0v) is 13.3. The molecule has 1 aromatic heterocycles. The standard InChI is InChI=1S/C17H22N4/c1-6-15(18-3)12(2)9-13-11-19-17-10-14(21(4)5)7-8-16(17)20-13/h6-11,18H,1-5H3/b12-9-,15-6+. The van der Waals surface area contributed by atoms with Gasteiger partial charge in [0, 0.05) is 32.5 Å². The number of nitrogens with one attached hydrogen (secondary N) is 1. The molecule has 2 aromatic rings. The van der Waals surface area contributed by atoms with Crippen LogP contribution >= 0.6 is 0 Å². The summed E-state index contributed by atoms with van der Waals surface area (Å²) in [5.41, 5.74) is 6.05. The average Bonchev–Trinajstić information content (AvgIpc) is 2.47. The van der Waals surface area contributed by atoms with Gasteiger partial charge in [0.05, 0.1) is 22.9 Å². The molecule has 0 spiro atoms. The summed E-state index contributed by atoms with van der Waals surface area (Å²) in [6, 6.07) is 6.12. The number of hydrogen-bond donors (Lipinski definition) is 1. The summed E-state index contributed by atoms with van der Waals surface area (Å²) >= 11 is 0. The Morgan fingerprint density at radius 3 is 2.62 bits per heavy atom. The molecule has 0 radical (unpaired) electrons. The van der Waals surface area contributed by atoms with Gasteiger partial charge in [0.1, 0.15) is 0 Å². The van der Waals surface area contributed by atoms with Gasteiger partial charge in [0.15, 0.2) is 0 Å². The number of nitrogens with zero attached hydrogens (tertiary/aromatic N) is 3. The Hall–Kier alpha value is -2.36. The highest BCUT2D eigenvalue weighted by atomic mass is 15.1. The van der Waals surface area contributed by atoms with E-state index in [0.717, 1.165) is 33.7 Å². The number of rotatable bonds is 4. The second kappa shape index (κ2) is 6.39. The van der Waals surface area contributed by atoms with Crippen molar-refractivity contribution in [2.75, 3.05) is 26.0 Å². The first kappa shape index (κ1) is 15.0. The molecule has 0 saturated heterocycles. The molecule has 0 atom stereocenters. The second-order valence-electron chi connectivity index (χ2n) is 5.14. The lowest BCUT2D eigenvalue weighted by atomic mass is 10.1. The van der Waals surface area contributed by atoms with Gasteiger partial charge in [-0.3, -0.25) is 4.98 Å². The van der Waals surface area contributed by atoms with E-state index in [0.29, 0.717) is 0 Å². The summed E-state index contributed by atoms with van der Waals surface area (Å²) in [5.74, 6) is 0. The van der Waals surface area contributed by atoms with Gasteiger partial charge < -0.3 is 10.2 Å². The Balaban J connectivity index is 2.40. The summed E-state index contributed by atoms with van der Waals surface area (Å²) in [5, 5.41) is 3.17. The fourth-order valence-electron chi connectivity index (χ4n) is 2.23. The van der Waals surface area contributed by atoms with Crippen molar-refractivity contribution >= 4 is 22.8 Å². The third kappa shape index (κ3) is 3.40. The molecule has 1 heterocycles. The quantitative estimate of drug-likeness (QED) is 0.874. The molecule has 0 amide bonds. The zero-order chi connectivity index (χ0) is 15.4.